The Hall–Kier alpha value is -2.29. The lowest BCUT2D eigenvalue weighted by Crippen LogP contribution is -2.29. The number of carbonyl (C=O) groups is 2. The highest BCUT2D eigenvalue weighted by Crippen LogP contribution is 2.21. The van der Waals surface area contributed by atoms with Gasteiger partial charge >= 0.3 is 5.97 Å². The van der Waals surface area contributed by atoms with Crippen LogP contribution in [0.2, 0.25) is 0 Å². The number of hydrogen-bond acceptors (Lipinski definition) is 6. The molecule has 9 heteroatoms. The van der Waals surface area contributed by atoms with E-state index in [1.165, 1.54) is 27.2 Å². The van der Waals surface area contributed by atoms with E-state index in [1.54, 1.807) is 18.5 Å². The van der Waals surface area contributed by atoms with Crippen LogP contribution in [0.3, 0.4) is 0 Å². The van der Waals surface area contributed by atoms with Crippen LogP contribution >= 0.6 is 11.3 Å². The molecule has 0 aromatic carbocycles. The van der Waals surface area contributed by atoms with Gasteiger partial charge in [0.25, 0.3) is 5.91 Å². The molecule has 0 aliphatic heterocycles. The summed E-state index contributed by atoms with van der Waals surface area (Å²) in [7, 11) is 1.56. The zero-order chi connectivity index (χ0) is 13.8. The number of tetrazole rings is 1. The molecule has 8 nitrogen and oxygen atoms in total. The van der Waals surface area contributed by atoms with Crippen LogP contribution in [0.25, 0.3) is 5.69 Å². The molecular formula is C10H11N5O3S. The fraction of sp³-hybridized carbons (Fsp3) is 0.300. The molecule has 2 rings (SSSR count). The van der Waals surface area contributed by atoms with Gasteiger partial charge in [0, 0.05) is 13.6 Å². The summed E-state index contributed by atoms with van der Waals surface area (Å²) in [5.74, 6) is -1.19. The van der Waals surface area contributed by atoms with Crippen LogP contribution in [-0.4, -0.2) is 55.7 Å². The van der Waals surface area contributed by atoms with Crippen LogP contribution in [0, 0.1) is 0 Å². The topological polar surface area (TPSA) is 101 Å². The summed E-state index contributed by atoms with van der Waals surface area (Å²) in [5.41, 5.74) is 0.585. The van der Waals surface area contributed by atoms with E-state index in [0.29, 0.717) is 10.6 Å². The lowest BCUT2D eigenvalue weighted by Gasteiger charge is -2.15. The quantitative estimate of drug-likeness (QED) is 0.844. The van der Waals surface area contributed by atoms with Crippen molar-refractivity contribution in [3.8, 4) is 5.69 Å². The lowest BCUT2D eigenvalue weighted by molar-refractivity contribution is -0.137. The third-order valence-corrected chi connectivity index (χ3v) is 3.33. The third kappa shape index (κ3) is 2.94. The molecule has 2 aromatic heterocycles. The number of rotatable bonds is 5. The first-order chi connectivity index (χ1) is 9.09. The molecule has 100 valence electrons. The van der Waals surface area contributed by atoms with Crippen LogP contribution in [-0.2, 0) is 4.79 Å². The molecule has 0 unspecified atom stereocenters. The van der Waals surface area contributed by atoms with Crippen molar-refractivity contribution in [2.45, 2.75) is 6.42 Å². The largest absolute Gasteiger partial charge is 0.481 e. The number of nitrogens with zero attached hydrogens (tertiary/aromatic N) is 5. The van der Waals surface area contributed by atoms with Gasteiger partial charge in [0.15, 0.2) is 0 Å². The highest BCUT2D eigenvalue weighted by atomic mass is 32.1. The smallest absolute Gasteiger partial charge is 0.305 e. The molecular weight excluding hydrogens is 270 g/mol. The lowest BCUT2D eigenvalue weighted by atomic mass is 10.3. The van der Waals surface area contributed by atoms with Crippen LogP contribution in [0.4, 0.5) is 0 Å². The van der Waals surface area contributed by atoms with Crippen molar-refractivity contribution in [3.63, 3.8) is 0 Å². The molecule has 0 aliphatic carbocycles. The SMILES string of the molecule is CN(CCC(=O)O)C(=O)c1sccc1-n1cnnn1. The molecule has 2 heterocycles. The molecule has 0 bridgehead atoms. The Morgan fingerprint density at radius 1 is 1.53 bits per heavy atom. The summed E-state index contributed by atoms with van der Waals surface area (Å²) in [4.78, 5) is 24.5. The molecule has 2 aromatic rings. The van der Waals surface area contributed by atoms with E-state index in [9.17, 15) is 9.59 Å². The van der Waals surface area contributed by atoms with Crippen molar-refractivity contribution in [2.24, 2.45) is 0 Å². The molecule has 0 spiro atoms. The molecule has 1 N–H and O–H groups in total. The van der Waals surface area contributed by atoms with E-state index in [1.807, 2.05) is 0 Å². The maximum Gasteiger partial charge on any atom is 0.305 e. The van der Waals surface area contributed by atoms with E-state index < -0.39 is 5.97 Å². The predicted octanol–water partition coefficient (Wildman–Crippen LogP) is 0.270. The van der Waals surface area contributed by atoms with E-state index in [4.69, 9.17) is 5.11 Å². The second-order valence-corrected chi connectivity index (χ2v) is 4.68. The Bertz CT molecular complexity index is 580. The number of carbonyl (C=O) groups excluding carboxylic acids is 1. The van der Waals surface area contributed by atoms with Crippen molar-refractivity contribution >= 4 is 23.2 Å². The molecule has 1 amide bonds. The maximum atomic E-state index is 12.2. The Morgan fingerprint density at radius 3 is 2.95 bits per heavy atom. The maximum absolute atomic E-state index is 12.2. The van der Waals surface area contributed by atoms with Gasteiger partial charge in [-0.2, -0.15) is 4.68 Å². The zero-order valence-electron chi connectivity index (χ0n) is 10.1. The molecule has 19 heavy (non-hydrogen) atoms. The Morgan fingerprint density at radius 2 is 2.32 bits per heavy atom. The number of aromatic nitrogens is 4. The van der Waals surface area contributed by atoms with Crippen LogP contribution in [0.15, 0.2) is 17.8 Å². The number of carboxylic acids is 1. The number of carboxylic acid groups (broad SMARTS) is 1. The molecule has 0 saturated carbocycles. The first-order valence-electron chi connectivity index (χ1n) is 5.37. The van der Waals surface area contributed by atoms with Gasteiger partial charge in [-0.15, -0.1) is 16.4 Å². The van der Waals surface area contributed by atoms with Crippen molar-refractivity contribution in [1.29, 1.82) is 0 Å². The van der Waals surface area contributed by atoms with Crippen LogP contribution in [0.5, 0.6) is 0 Å². The van der Waals surface area contributed by atoms with Gasteiger partial charge in [0.2, 0.25) is 0 Å². The van der Waals surface area contributed by atoms with Gasteiger partial charge in [0.1, 0.15) is 11.2 Å². The normalized spacial score (nSPS) is 10.4. The number of hydrogen-bond donors (Lipinski definition) is 1. The monoisotopic (exact) mass is 281 g/mol. The number of aliphatic carboxylic acids is 1. The molecule has 0 atom stereocenters. The molecule has 0 aliphatic rings. The van der Waals surface area contributed by atoms with Gasteiger partial charge in [-0.25, -0.2) is 0 Å². The average Bonchev–Trinajstić information content (AvgIpc) is 3.03. The second-order valence-electron chi connectivity index (χ2n) is 3.76. The molecule has 0 radical (unpaired) electrons. The molecule has 0 saturated heterocycles. The van der Waals surface area contributed by atoms with Crippen molar-refractivity contribution in [3.05, 3.63) is 22.7 Å². The van der Waals surface area contributed by atoms with E-state index in [2.05, 4.69) is 15.5 Å². The average molecular weight is 281 g/mol. The Kier molecular flexibility index (Phi) is 3.85. The summed E-state index contributed by atoms with van der Waals surface area (Å²) in [6, 6.07) is 1.74. The first-order valence-corrected chi connectivity index (χ1v) is 6.25. The highest BCUT2D eigenvalue weighted by Gasteiger charge is 2.19. The Balaban J connectivity index is 2.16. The van der Waals surface area contributed by atoms with E-state index >= 15 is 0 Å². The highest BCUT2D eigenvalue weighted by molar-refractivity contribution is 7.12. The molecule has 0 fully saturated rings. The predicted molar refractivity (Wildman–Crippen MR) is 66.2 cm³/mol. The fourth-order valence-electron chi connectivity index (χ4n) is 1.45. The summed E-state index contributed by atoms with van der Waals surface area (Å²) in [5, 5.41) is 21.1. The summed E-state index contributed by atoms with van der Waals surface area (Å²) in [6.45, 7) is 0.154. The van der Waals surface area contributed by atoms with Crippen molar-refractivity contribution < 1.29 is 14.7 Å². The minimum absolute atomic E-state index is 0.0895. The fourth-order valence-corrected chi connectivity index (χ4v) is 2.32. The number of thiophene rings is 1. The second kappa shape index (κ2) is 5.57. The van der Waals surface area contributed by atoms with Gasteiger partial charge in [-0.05, 0) is 21.9 Å². The van der Waals surface area contributed by atoms with E-state index in [-0.39, 0.29) is 18.9 Å². The minimum atomic E-state index is -0.938. The summed E-state index contributed by atoms with van der Waals surface area (Å²) < 4.78 is 1.40. The number of amides is 1. The van der Waals surface area contributed by atoms with Crippen molar-refractivity contribution in [2.75, 3.05) is 13.6 Å². The first kappa shape index (κ1) is 13.1. The summed E-state index contributed by atoms with van der Waals surface area (Å²) in [6.07, 6.45) is 1.31. The Labute approximate surface area is 112 Å². The summed E-state index contributed by atoms with van der Waals surface area (Å²) >= 11 is 1.26. The van der Waals surface area contributed by atoms with Crippen molar-refractivity contribution in [1.82, 2.24) is 25.1 Å². The van der Waals surface area contributed by atoms with E-state index in [0.717, 1.165) is 0 Å². The van der Waals surface area contributed by atoms with Gasteiger partial charge in [-0.1, -0.05) is 0 Å². The standard InChI is InChI=1S/C10H11N5O3S/c1-14(4-2-8(16)17)10(18)9-7(3-5-19-9)15-6-11-12-13-15/h3,5-6H,2,4H2,1H3,(H,16,17). The van der Waals surface area contributed by atoms with Crippen LogP contribution < -0.4 is 0 Å². The van der Waals surface area contributed by atoms with Gasteiger partial charge < -0.3 is 10.0 Å². The van der Waals surface area contributed by atoms with Gasteiger partial charge in [0.05, 0.1) is 12.1 Å². The van der Waals surface area contributed by atoms with Gasteiger partial charge in [-0.3, -0.25) is 9.59 Å². The minimum Gasteiger partial charge on any atom is -0.481 e. The third-order valence-electron chi connectivity index (χ3n) is 2.44. The van der Waals surface area contributed by atoms with Crippen LogP contribution in [0.1, 0.15) is 16.1 Å². The zero-order valence-corrected chi connectivity index (χ0v) is 10.9.